The Morgan fingerprint density at radius 3 is 2.89 bits per heavy atom. The number of aromatic nitrogens is 3. The zero-order valence-electron chi connectivity index (χ0n) is 16.8. The van der Waals surface area contributed by atoms with Crippen molar-refractivity contribution in [3.8, 4) is 0 Å². The lowest BCUT2D eigenvalue weighted by Gasteiger charge is -2.12. The number of nitrogens with one attached hydrogen (secondary N) is 2. The van der Waals surface area contributed by atoms with Crippen LogP contribution >= 0.6 is 11.8 Å². The summed E-state index contributed by atoms with van der Waals surface area (Å²) in [5.41, 5.74) is 3.43. The predicted octanol–water partition coefficient (Wildman–Crippen LogP) is 3.45. The van der Waals surface area contributed by atoms with Gasteiger partial charge in [-0.25, -0.2) is 4.99 Å². The molecule has 2 aromatic heterocycles. The number of hydrogen-bond donors (Lipinski definition) is 2. The minimum Gasteiger partial charge on any atom is -0.357 e. The molecule has 0 unspecified atom stereocenters. The van der Waals surface area contributed by atoms with Crippen molar-refractivity contribution in [3.05, 3.63) is 59.5 Å². The highest BCUT2D eigenvalue weighted by Gasteiger charge is 2.05. The van der Waals surface area contributed by atoms with Gasteiger partial charge in [-0.15, -0.1) is 22.0 Å². The standard InChI is InChI=1S/C21H28N6S/c1-4-22-21(24-15-17-11-10-16(2)14-18(17)28-3)23-12-7-9-20-26-25-19-8-5-6-13-27(19)20/h5-6,8,10-11,13-14H,4,7,9,12,15H2,1-3H3,(H2,22,23,24). The Morgan fingerprint density at radius 2 is 2.07 bits per heavy atom. The molecule has 0 radical (unpaired) electrons. The number of thioether (sulfide) groups is 1. The first-order valence-electron chi connectivity index (χ1n) is 9.65. The summed E-state index contributed by atoms with van der Waals surface area (Å²) in [7, 11) is 0. The molecular formula is C21H28N6S. The van der Waals surface area contributed by atoms with Gasteiger partial charge in [-0.1, -0.05) is 18.2 Å². The van der Waals surface area contributed by atoms with E-state index in [1.54, 1.807) is 11.8 Å². The van der Waals surface area contributed by atoms with Crippen molar-refractivity contribution in [2.75, 3.05) is 19.3 Å². The largest absolute Gasteiger partial charge is 0.357 e. The lowest BCUT2D eigenvalue weighted by atomic mass is 10.1. The summed E-state index contributed by atoms with van der Waals surface area (Å²) >= 11 is 1.77. The first-order chi connectivity index (χ1) is 13.7. The molecule has 0 aliphatic carbocycles. The molecule has 0 aliphatic rings. The quantitative estimate of drug-likeness (QED) is 0.264. The maximum atomic E-state index is 4.75. The van der Waals surface area contributed by atoms with Crippen LogP contribution in [0.4, 0.5) is 0 Å². The van der Waals surface area contributed by atoms with E-state index in [4.69, 9.17) is 4.99 Å². The third kappa shape index (κ3) is 5.25. The fourth-order valence-corrected chi connectivity index (χ4v) is 3.70. The van der Waals surface area contributed by atoms with Crippen molar-refractivity contribution in [3.63, 3.8) is 0 Å². The van der Waals surface area contributed by atoms with E-state index >= 15 is 0 Å². The SMILES string of the molecule is CCNC(=NCc1ccc(C)cc1SC)NCCCc1nnc2ccccn12. The molecule has 0 fully saturated rings. The molecule has 7 heteroatoms. The van der Waals surface area contributed by atoms with Gasteiger partial charge in [0.2, 0.25) is 0 Å². The lowest BCUT2D eigenvalue weighted by molar-refractivity contribution is 0.714. The van der Waals surface area contributed by atoms with Gasteiger partial charge < -0.3 is 10.6 Å². The van der Waals surface area contributed by atoms with Crippen molar-refractivity contribution in [2.45, 2.75) is 38.1 Å². The summed E-state index contributed by atoms with van der Waals surface area (Å²) in [6.45, 7) is 6.54. The maximum absolute atomic E-state index is 4.75. The highest BCUT2D eigenvalue weighted by molar-refractivity contribution is 7.98. The Kier molecular flexibility index (Phi) is 7.31. The number of pyridine rings is 1. The first-order valence-corrected chi connectivity index (χ1v) is 10.9. The van der Waals surface area contributed by atoms with Crippen molar-refractivity contribution in [2.24, 2.45) is 4.99 Å². The van der Waals surface area contributed by atoms with Crippen molar-refractivity contribution < 1.29 is 0 Å². The number of nitrogens with zero attached hydrogens (tertiary/aromatic N) is 4. The number of aryl methyl sites for hydroxylation is 2. The second-order valence-electron chi connectivity index (χ2n) is 6.59. The Balaban J connectivity index is 1.55. The van der Waals surface area contributed by atoms with Gasteiger partial charge in [0.25, 0.3) is 0 Å². The Bertz CT molecular complexity index is 934. The topological polar surface area (TPSA) is 66.6 Å². The molecule has 0 aliphatic heterocycles. The molecule has 148 valence electrons. The second kappa shape index (κ2) is 10.1. The summed E-state index contributed by atoms with van der Waals surface area (Å²) < 4.78 is 2.04. The van der Waals surface area contributed by atoms with Crippen LogP contribution in [-0.4, -0.2) is 39.9 Å². The summed E-state index contributed by atoms with van der Waals surface area (Å²) in [4.78, 5) is 6.04. The number of aliphatic imine (C=N–C) groups is 1. The van der Waals surface area contributed by atoms with E-state index in [2.05, 4.69) is 59.1 Å². The zero-order chi connectivity index (χ0) is 19.8. The summed E-state index contributed by atoms with van der Waals surface area (Å²) in [6, 6.07) is 12.5. The molecule has 0 saturated heterocycles. The zero-order valence-corrected chi connectivity index (χ0v) is 17.6. The lowest BCUT2D eigenvalue weighted by Crippen LogP contribution is -2.37. The molecule has 3 rings (SSSR count). The van der Waals surface area contributed by atoms with Crippen molar-refractivity contribution >= 4 is 23.4 Å². The molecule has 28 heavy (non-hydrogen) atoms. The van der Waals surface area contributed by atoms with Crippen LogP contribution in [-0.2, 0) is 13.0 Å². The first kappa shape index (κ1) is 20.2. The van der Waals surface area contributed by atoms with Crippen molar-refractivity contribution in [1.29, 1.82) is 0 Å². The average molecular weight is 397 g/mol. The molecule has 2 heterocycles. The van der Waals surface area contributed by atoms with E-state index in [1.807, 2.05) is 28.8 Å². The van der Waals surface area contributed by atoms with Gasteiger partial charge in [0, 0.05) is 30.6 Å². The van der Waals surface area contributed by atoms with E-state index in [-0.39, 0.29) is 0 Å². The molecular weight excluding hydrogens is 368 g/mol. The van der Waals surface area contributed by atoms with Crippen LogP contribution in [0.15, 0.2) is 52.5 Å². The molecule has 1 aromatic carbocycles. The third-order valence-corrected chi connectivity index (χ3v) is 5.27. The van der Waals surface area contributed by atoms with Crippen LogP contribution in [0.1, 0.15) is 30.3 Å². The Morgan fingerprint density at radius 1 is 1.18 bits per heavy atom. The minimum absolute atomic E-state index is 0.667. The number of hydrogen-bond acceptors (Lipinski definition) is 4. The number of rotatable bonds is 8. The molecule has 0 amide bonds. The van der Waals surface area contributed by atoms with Gasteiger partial charge in [-0.05, 0) is 55.9 Å². The minimum atomic E-state index is 0.667. The molecule has 3 aromatic rings. The van der Waals surface area contributed by atoms with Crippen LogP contribution in [0.25, 0.3) is 5.65 Å². The smallest absolute Gasteiger partial charge is 0.191 e. The van der Waals surface area contributed by atoms with Gasteiger partial charge >= 0.3 is 0 Å². The van der Waals surface area contributed by atoms with E-state index in [0.717, 1.165) is 43.4 Å². The maximum Gasteiger partial charge on any atom is 0.191 e. The van der Waals surface area contributed by atoms with Gasteiger partial charge in [0.15, 0.2) is 11.6 Å². The summed E-state index contributed by atoms with van der Waals surface area (Å²) in [5.74, 6) is 1.84. The van der Waals surface area contributed by atoms with Crippen LogP contribution in [0.2, 0.25) is 0 Å². The number of benzene rings is 1. The normalized spacial score (nSPS) is 11.8. The average Bonchev–Trinajstić information content (AvgIpc) is 3.13. The van der Waals surface area contributed by atoms with Gasteiger partial charge in [0.05, 0.1) is 6.54 Å². The van der Waals surface area contributed by atoms with Gasteiger partial charge in [-0.3, -0.25) is 4.40 Å². The molecule has 0 bridgehead atoms. The van der Waals surface area contributed by atoms with Crippen LogP contribution < -0.4 is 10.6 Å². The summed E-state index contributed by atoms with van der Waals surface area (Å²) in [6.07, 6.45) is 5.95. The molecule has 2 N–H and O–H groups in total. The van der Waals surface area contributed by atoms with Crippen LogP contribution in [0.3, 0.4) is 0 Å². The van der Waals surface area contributed by atoms with E-state index in [9.17, 15) is 0 Å². The fourth-order valence-electron chi connectivity index (χ4n) is 3.00. The predicted molar refractivity (Wildman–Crippen MR) is 117 cm³/mol. The highest BCUT2D eigenvalue weighted by Crippen LogP contribution is 2.22. The molecule has 6 nitrogen and oxygen atoms in total. The van der Waals surface area contributed by atoms with E-state index in [1.165, 1.54) is 16.0 Å². The second-order valence-corrected chi connectivity index (χ2v) is 7.43. The molecule has 0 saturated carbocycles. The van der Waals surface area contributed by atoms with E-state index in [0.29, 0.717) is 6.54 Å². The fraction of sp³-hybridized carbons (Fsp3) is 0.381. The van der Waals surface area contributed by atoms with Crippen LogP contribution in [0.5, 0.6) is 0 Å². The Hall–Kier alpha value is -2.54. The third-order valence-electron chi connectivity index (χ3n) is 4.45. The molecule has 0 spiro atoms. The summed E-state index contributed by atoms with van der Waals surface area (Å²) in [5, 5.41) is 15.2. The highest BCUT2D eigenvalue weighted by atomic mass is 32.2. The number of guanidine groups is 1. The van der Waals surface area contributed by atoms with Gasteiger partial charge in [-0.2, -0.15) is 0 Å². The number of fused-ring (bicyclic) bond motifs is 1. The van der Waals surface area contributed by atoms with Crippen molar-refractivity contribution in [1.82, 2.24) is 25.2 Å². The molecule has 0 atom stereocenters. The van der Waals surface area contributed by atoms with Gasteiger partial charge in [0.1, 0.15) is 5.82 Å². The Labute approximate surface area is 170 Å². The van der Waals surface area contributed by atoms with E-state index < -0.39 is 0 Å². The van der Waals surface area contributed by atoms with Crippen LogP contribution in [0, 0.1) is 6.92 Å². The monoisotopic (exact) mass is 396 g/mol.